The van der Waals surface area contributed by atoms with Gasteiger partial charge in [-0.3, -0.25) is 0 Å². The summed E-state index contributed by atoms with van der Waals surface area (Å²) >= 11 is 0. The van der Waals surface area contributed by atoms with Crippen LogP contribution in [0.5, 0.6) is 0 Å². The molecule has 0 aliphatic rings. The summed E-state index contributed by atoms with van der Waals surface area (Å²) in [7, 11) is 2.02. The summed E-state index contributed by atoms with van der Waals surface area (Å²) in [5.41, 5.74) is 0.160. The molecule has 16 heavy (non-hydrogen) atoms. The lowest BCUT2D eigenvalue weighted by molar-refractivity contribution is -0.0289. The van der Waals surface area contributed by atoms with Gasteiger partial charge in [0, 0.05) is 5.54 Å². The number of hydrogen-bond acceptors (Lipinski definition) is 2. The summed E-state index contributed by atoms with van der Waals surface area (Å²) in [4.78, 5) is 0. The summed E-state index contributed by atoms with van der Waals surface area (Å²) in [5, 5.41) is 3.36. The van der Waals surface area contributed by atoms with Crippen LogP contribution in [0.2, 0.25) is 0 Å². The minimum Gasteiger partial charge on any atom is -0.375 e. The van der Waals surface area contributed by atoms with E-state index in [1.54, 1.807) is 0 Å². The summed E-state index contributed by atoms with van der Waals surface area (Å²) in [5.74, 6) is 0.696. The molecular formula is C14H31NO. The molecule has 0 aromatic rings. The van der Waals surface area contributed by atoms with E-state index in [0.29, 0.717) is 18.1 Å². The lowest BCUT2D eigenvalue weighted by Crippen LogP contribution is -2.41. The second kappa shape index (κ2) is 7.29. The van der Waals surface area contributed by atoms with Crippen LogP contribution in [0.15, 0.2) is 0 Å². The van der Waals surface area contributed by atoms with Gasteiger partial charge in [-0.25, -0.2) is 0 Å². The maximum atomic E-state index is 6.11. The summed E-state index contributed by atoms with van der Waals surface area (Å²) < 4.78 is 6.11. The molecule has 0 rings (SSSR count). The SMILES string of the molecule is CCC(C)OC(CC(C)C)CC(C)(C)NC. The molecule has 0 aromatic carbocycles. The fourth-order valence-electron chi connectivity index (χ4n) is 1.81. The Labute approximate surface area is 102 Å². The molecule has 1 N–H and O–H groups in total. The van der Waals surface area contributed by atoms with Crippen LogP contribution in [0.4, 0.5) is 0 Å². The van der Waals surface area contributed by atoms with E-state index in [9.17, 15) is 0 Å². The monoisotopic (exact) mass is 229 g/mol. The number of ether oxygens (including phenoxy) is 1. The average Bonchev–Trinajstić information content (AvgIpc) is 2.15. The number of hydrogen-bond donors (Lipinski definition) is 1. The van der Waals surface area contributed by atoms with E-state index < -0.39 is 0 Å². The van der Waals surface area contributed by atoms with Gasteiger partial charge in [0.05, 0.1) is 12.2 Å². The van der Waals surface area contributed by atoms with Crippen LogP contribution in [0, 0.1) is 5.92 Å². The first-order valence-corrected chi connectivity index (χ1v) is 6.65. The van der Waals surface area contributed by atoms with Gasteiger partial charge in [0.1, 0.15) is 0 Å². The van der Waals surface area contributed by atoms with Gasteiger partial charge in [-0.1, -0.05) is 20.8 Å². The van der Waals surface area contributed by atoms with E-state index in [0.717, 1.165) is 19.3 Å². The van der Waals surface area contributed by atoms with Gasteiger partial charge in [-0.05, 0) is 53.0 Å². The van der Waals surface area contributed by atoms with Gasteiger partial charge in [-0.2, -0.15) is 0 Å². The largest absolute Gasteiger partial charge is 0.375 e. The fraction of sp³-hybridized carbons (Fsp3) is 1.00. The Morgan fingerprint density at radius 1 is 1.19 bits per heavy atom. The lowest BCUT2D eigenvalue weighted by Gasteiger charge is -2.32. The molecule has 0 spiro atoms. The van der Waals surface area contributed by atoms with Crippen LogP contribution < -0.4 is 5.32 Å². The molecule has 2 unspecified atom stereocenters. The summed E-state index contributed by atoms with van der Waals surface area (Å²) in [6.45, 7) is 13.3. The maximum Gasteiger partial charge on any atom is 0.0598 e. The van der Waals surface area contributed by atoms with E-state index in [1.807, 2.05) is 7.05 Å². The summed E-state index contributed by atoms with van der Waals surface area (Å²) in [6, 6.07) is 0. The van der Waals surface area contributed by atoms with Crippen LogP contribution in [0.3, 0.4) is 0 Å². The van der Waals surface area contributed by atoms with Crippen LogP contribution in [0.25, 0.3) is 0 Å². The number of rotatable bonds is 8. The van der Waals surface area contributed by atoms with E-state index in [1.165, 1.54) is 0 Å². The van der Waals surface area contributed by atoms with Crippen molar-refractivity contribution in [2.24, 2.45) is 5.92 Å². The molecule has 2 atom stereocenters. The van der Waals surface area contributed by atoms with E-state index >= 15 is 0 Å². The Bertz CT molecular complexity index is 178. The molecule has 0 aliphatic carbocycles. The predicted molar refractivity (Wildman–Crippen MR) is 71.8 cm³/mol. The quantitative estimate of drug-likeness (QED) is 0.686. The lowest BCUT2D eigenvalue weighted by atomic mass is 9.92. The van der Waals surface area contributed by atoms with E-state index in [-0.39, 0.29) is 5.54 Å². The normalized spacial score (nSPS) is 16.5. The topological polar surface area (TPSA) is 21.3 Å². The van der Waals surface area contributed by atoms with Crippen molar-refractivity contribution in [1.82, 2.24) is 5.32 Å². The molecule has 0 heterocycles. The highest BCUT2D eigenvalue weighted by Crippen LogP contribution is 2.21. The Balaban J connectivity index is 4.31. The Hall–Kier alpha value is -0.0800. The molecule has 98 valence electrons. The zero-order chi connectivity index (χ0) is 12.8. The smallest absolute Gasteiger partial charge is 0.0598 e. The second-order valence-corrected chi connectivity index (χ2v) is 5.94. The first kappa shape index (κ1) is 15.9. The van der Waals surface area contributed by atoms with Crippen molar-refractivity contribution < 1.29 is 4.74 Å². The molecule has 0 amide bonds. The molecule has 2 heteroatoms. The molecule has 0 bridgehead atoms. The molecule has 2 nitrogen and oxygen atoms in total. The first-order chi connectivity index (χ1) is 7.30. The van der Waals surface area contributed by atoms with Gasteiger partial charge in [0.25, 0.3) is 0 Å². The third-order valence-corrected chi connectivity index (χ3v) is 3.15. The summed E-state index contributed by atoms with van der Waals surface area (Å²) in [6.07, 6.45) is 4.06. The molecule has 0 fully saturated rings. The highest BCUT2D eigenvalue weighted by Gasteiger charge is 2.23. The van der Waals surface area contributed by atoms with Gasteiger partial charge < -0.3 is 10.1 Å². The minimum absolute atomic E-state index is 0.160. The van der Waals surface area contributed by atoms with Crippen molar-refractivity contribution in [3.8, 4) is 0 Å². The van der Waals surface area contributed by atoms with Crippen molar-refractivity contribution >= 4 is 0 Å². The van der Waals surface area contributed by atoms with Crippen LogP contribution in [0.1, 0.15) is 60.8 Å². The van der Waals surface area contributed by atoms with Crippen LogP contribution >= 0.6 is 0 Å². The Morgan fingerprint density at radius 3 is 2.12 bits per heavy atom. The van der Waals surface area contributed by atoms with Gasteiger partial charge in [0.2, 0.25) is 0 Å². The van der Waals surface area contributed by atoms with Crippen molar-refractivity contribution in [2.75, 3.05) is 7.05 Å². The Kier molecular flexibility index (Phi) is 7.25. The molecule has 0 aromatic heterocycles. The van der Waals surface area contributed by atoms with E-state index in [2.05, 4.69) is 46.9 Å². The highest BCUT2D eigenvalue weighted by atomic mass is 16.5. The van der Waals surface area contributed by atoms with Gasteiger partial charge in [0.15, 0.2) is 0 Å². The number of nitrogens with one attached hydrogen (secondary N) is 1. The van der Waals surface area contributed by atoms with Gasteiger partial charge in [-0.15, -0.1) is 0 Å². The minimum atomic E-state index is 0.160. The first-order valence-electron chi connectivity index (χ1n) is 6.65. The third-order valence-electron chi connectivity index (χ3n) is 3.15. The van der Waals surface area contributed by atoms with Crippen LogP contribution in [-0.4, -0.2) is 24.8 Å². The van der Waals surface area contributed by atoms with Gasteiger partial charge >= 0.3 is 0 Å². The van der Waals surface area contributed by atoms with E-state index in [4.69, 9.17) is 4.74 Å². The molecule has 0 saturated heterocycles. The van der Waals surface area contributed by atoms with Crippen molar-refractivity contribution in [2.45, 2.75) is 78.6 Å². The molecule has 0 saturated carbocycles. The predicted octanol–water partition coefficient (Wildman–Crippen LogP) is 3.60. The molecular weight excluding hydrogens is 198 g/mol. The zero-order valence-electron chi connectivity index (χ0n) is 12.3. The average molecular weight is 229 g/mol. The maximum absolute atomic E-state index is 6.11. The fourth-order valence-corrected chi connectivity index (χ4v) is 1.81. The molecule has 0 aliphatic heterocycles. The molecule has 0 radical (unpaired) electrons. The second-order valence-electron chi connectivity index (χ2n) is 5.94. The van der Waals surface area contributed by atoms with Crippen molar-refractivity contribution in [1.29, 1.82) is 0 Å². The Morgan fingerprint density at radius 2 is 1.75 bits per heavy atom. The van der Waals surface area contributed by atoms with Crippen molar-refractivity contribution in [3.63, 3.8) is 0 Å². The van der Waals surface area contributed by atoms with Crippen molar-refractivity contribution in [3.05, 3.63) is 0 Å². The zero-order valence-corrected chi connectivity index (χ0v) is 12.3. The standard InChI is InChI=1S/C14H31NO/c1-8-12(4)16-13(9-11(2)3)10-14(5,6)15-7/h11-13,15H,8-10H2,1-7H3. The third kappa shape index (κ3) is 7.24. The van der Waals surface area contributed by atoms with Crippen LogP contribution in [-0.2, 0) is 4.74 Å². The highest BCUT2D eigenvalue weighted by molar-refractivity contribution is 4.80.